The molecule has 0 aromatic carbocycles. The molecule has 0 bridgehead atoms. The summed E-state index contributed by atoms with van der Waals surface area (Å²) in [5, 5.41) is 0. The van der Waals surface area contributed by atoms with Gasteiger partial charge in [0, 0.05) is 7.11 Å². The van der Waals surface area contributed by atoms with E-state index in [-0.39, 0.29) is 4.93 Å². The van der Waals surface area contributed by atoms with Crippen LogP contribution in [0.4, 0.5) is 0 Å². The Morgan fingerprint density at radius 2 is 1.67 bits per heavy atom. The van der Waals surface area contributed by atoms with Crippen molar-refractivity contribution < 1.29 is 4.74 Å². The molecular weight excluding hydrogens is 96.1 g/mol. The third-order valence-electron chi connectivity index (χ3n) is 0.500. The lowest BCUT2D eigenvalue weighted by atomic mass is 10.5. The Bertz CT molecular complexity index is 37.3. The van der Waals surface area contributed by atoms with Crippen molar-refractivity contribution in [1.29, 1.82) is 0 Å². The first-order chi connectivity index (χ1) is 2.56. The molecule has 0 atom stereocenters. The number of ether oxygens (including phenoxy) is 1. The molecule has 0 aliphatic heterocycles. The zero-order valence-corrected chi connectivity index (χ0v) is 5.25. The van der Waals surface area contributed by atoms with E-state index in [0.29, 0.717) is 0 Å². The maximum Gasteiger partial charge on any atom is 0.104 e. The van der Waals surface area contributed by atoms with Gasteiger partial charge in [0.15, 0.2) is 0 Å². The van der Waals surface area contributed by atoms with Gasteiger partial charge in [-0.3, -0.25) is 0 Å². The van der Waals surface area contributed by atoms with Gasteiger partial charge in [0.2, 0.25) is 0 Å². The highest BCUT2D eigenvalue weighted by Crippen LogP contribution is 2.10. The predicted molar refractivity (Wildman–Crippen MR) is 30.1 cm³/mol. The van der Waals surface area contributed by atoms with Crippen molar-refractivity contribution in [3.05, 3.63) is 0 Å². The van der Waals surface area contributed by atoms with Crippen LogP contribution in [-0.2, 0) is 4.74 Å². The molecule has 0 unspecified atom stereocenters. The van der Waals surface area contributed by atoms with Crippen molar-refractivity contribution in [1.82, 2.24) is 0 Å². The Labute approximate surface area is 44.1 Å². The van der Waals surface area contributed by atoms with E-state index in [9.17, 15) is 0 Å². The fourth-order valence-corrected chi connectivity index (χ4v) is 0. The van der Waals surface area contributed by atoms with Crippen LogP contribution in [0.2, 0.25) is 0 Å². The molecule has 0 fully saturated rings. The van der Waals surface area contributed by atoms with Gasteiger partial charge in [0.05, 0.1) is 0 Å². The largest absolute Gasteiger partial charge is 0.368 e. The molecule has 0 aliphatic carbocycles. The normalized spacial score (nSPS) is 12.0. The molecule has 0 spiro atoms. The van der Waals surface area contributed by atoms with Gasteiger partial charge < -0.3 is 4.74 Å². The fraction of sp³-hybridized carbons (Fsp3) is 1.00. The average Bonchev–Trinajstić information content (AvgIpc) is 1.35. The van der Waals surface area contributed by atoms with Crippen molar-refractivity contribution >= 4 is 12.6 Å². The lowest BCUT2D eigenvalue weighted by Crippen LogP contribution is -2.11. The third-order valence-corrected chi connectivity index (χ3v) is 0.682. The first-order valence-electron chi connectivity index (χ1n) is 1.84. The van der Waals surface area contributed by atoms with Crippen LogP contribution >= 0.6 is 12.6 Å². The van der Waals surface area contributed by atoms with Gasteiger partial charge >= 0.3 is 0 Å². The Kier molecular flexibility index (Phi) is 1.94. The van der Waals surface area contributed by atoms with Crippen LogP contribution in [0.5, 0.6) is 0 Å². The zero-order chi connectivity index (χ0) is 5.21. The van der Waals surface area contributed by atoms with E-state index in [1.807, 2.05) is 13.8 Å². The number of thiol groups is 1. The van der Waals surface area contributed by atoms with Crippen LogP contribution in [0.1, 0.15) is 13.8 Å². The highest BCUT2D eigenvalue weighted by molar-refractivity contribution is 7.81. The molecular formula is C4H10OS. The molecule has 1 nitrogen and oxygen atoms in total. The molecule has 0 N–H and O–H groups in total. The van der Waals surface area contributed by atoms with Crippen LogP contribution in [0.25, 0.3) is 0 Å². The first kappa shape index (κ1) is 6.31. The van der Waals surface area contributed by atoms with E-state index in [0.717, 1.165) is 0 Å². The van der Waals surface area contributed by atoms with Gasteiger partial charge in [-0.15, -0.1) is 12.6 Å². The molecule has 2 heteroatoms. The number of hydrogen-bond acceptors (Lipinski definition) is 2. The second-order valence-electron chi connectivity index (χ2n) is 1.65. The summed E-state index contributed by atoms with van der Waals surface area (Å²) in [4.78, 5) is -0.264. The van der Waals surface area contributed by atoms with E-state index in [1.165, 1.54) is 0 Å². The molecule has 0 rings (SSSR count). The molecule has 0 aromatic rings. The standard InChI is InChI=1S/C4H10OS/c1-4(2,6)5-3/h6H,1-3H3. The summed E-state index contributed by atoms with van der Waals surface area (Å²) in [5.74, 6) is 0. The quantitative estimate of drug-likeness (QED) is 0.391. The Balaban J connectivity index is 3.17. The maximum absolute atomic E-state index is 4.80. The molecule has 0 heterocycles. The highest BCUT2D eigenvalue weighted by atomic mass is 32.1. The number of hydrogen-bond donors (Lipinski definition) is 1. The number of rotatable bonds is 1. The van der Waals surface area contributed by atoms with Gasteiger partial charge in [0.25, 0.3) is 0 Å². The van der Waals surface area contributed by atoms with Crippen LogP contribution in [0, 0.1) is 0 Å². The van der Waals surface area contributed by atoms with Crippen molar-refractivity contribution in [3.8, 4) is 0 Å². The van der Waals surface area contributed by atoms with Crippen LogP contribution in [0.15, 0.2) is 0 Å². The maximum atomic E-state index is 4.80. The zero-order valence-electron chi connectivity index (χ0n) is 4.36. The summed E-state index contributed by atoms with van der Waals surface area (Å²) in [6, 6.07) is 0. The second-order valence-corrected chi connectivity index (χ2v) is 2.73. The van der Waals surface area contributed by atoms with E-state index < -0.39 is 0 Å². The fourth-order valence-electron chi connectivity index (χ4n) is 0. The molecule has 0 radical (unpaired) electrons. The average molecular weight is 106 g/mol. The third kappa shape index (κ3) is 4.31. The van der Waals surface area contributed by atoms with Gasteiger partial charge in [-0.25, -0.2) is 0 Å². The Morgan fingerprint density at radius 3 is 1.67 bits per heavy atom. The van der Waals surface area contributed by atoms with Crippen molar-refractivity contribution in [3.63, 3.8) is 0 Å². The van der Waals surface area contributed by atoms with E-state index in [1.54, 1.807) is 7.11 Å². The lowest BCUT2D eigenvalue weighted by Gasteiger charge is -2.12. The summed E-state index contributed by atoms with van der Waals surface area (Å²) in [6.07, 6.45) is 0. The van der Waals surface area contributed by atoms with Crippen LogP contribution in [-0.4, -0.2) is 12.0 Å². The second kappa shape index (κ2) is 1.85. The summed E-state index contributed by atoms with van der Waals surface area (Å²) >= 11 is 4.03. The van der Waals surface area contributed by atoms with Crippen LogP contribution < -0.4 is 0 Å². The SMILES string of the molecule is COC(C)(C)S. The van der Waals surface area contributed by atoms with E-state index in [2.05, 4.69) is 12.6 Å². The van der Waals surface area contributed by atoms with Gasteiger partial charge in [-0.05, 0) is 13.8 Å². The predicted octanol–water partition coefficient (Wildman–Crippen LogP) is 1.30. The summed E-state index contributed by atoms with van der Waals surface area (Å²) in [5.41, 5.74) is 0. The Hall–Kier alpha value is 0.310. The first-order valence-corrected chi connectivity index (χ1v) is 2.28. The monoisotopic (exact) mass is 106 g/mol. The van der Waals surface area contributed by atoms with Crippen LogP contribution in [0.3, 0.4) is 0 Å². The molecule has 0 aromatic heterocycles. The van der Waals surface area contributed by atoms with Gasteiger partial charge in [-0.2, -0.15) is 0 Å². The minimum absolute atomic E-state index is 0.264. The summed E-state index contributed by atoms with van der Waals surface area (Å²) < 4.78 is 4.80. The van der Waals surface area contributed by atoms with Crippen molar-refractivity contribution in [2.24, 2.45) is 0 Å². The highest BCUT2D eigenvalue weighted by Gasteiger charge is 2.05. The molecule has 0 saturated heterocycles. The molecule has 0 aliphatic rings. The lowest BCUT2D eigenvalue weighted by molar-refractivity contribution is 0.105. The topological polar surface area (TPSA) is 9.23 Å². The van der Waals surface area contributed by atoms with Gasteiger partial charge in [-0.1, -0.05) is 0 Å². The van der Waals surface area contributed by atoms with Crippen molar-refractivity contribution in [2.45, 2.75) is 18.8 Å². The molecule has 0 amide bonds. The smallest absolute Gasteiger partial charge is 0.104 e. The Morgan fingerprint density at radius 1 is 1.50 bits per heavy atom. The van der Waals surface area contributed by atoms with Crippen molar-refractivity contribution in [2.75, 3.05) is 7.11 Å². The minimum Gasteiger partial charge on any atom is -0.368 e. The molecule has 38 valence electrons. The summed E-state index contributed by atoms with van der Waals surface area (Å²) in [7, 11) is 1.63. The number of methoxy groups -OCH3 is 1. The van der Waals surface area contributed by atoms with Gasteiger partial charge in [0.1, 0.15) is 4.93 Å². The molecule has 6 heavy (non-hydrogen) atoms. The van der Waals surface area contributed by atoms with E-state index in [4.69, 9.17) is 4.74 Å². The molecule has 0 saturated carbocycles. The summed E-state index contributed by atoms with van der Waals surface area (Å²) in [6.45, 7) is 3.77. The minimum atomic E-state index is -0.264. The van der Waals surface area contributed by atoms with E-state index >= 15 is 0 Å².